The van der Waals surface area contributed by atoms with Crippen LogP contribution in [0.2, 0.25) is 0 Å². The SMILES string of the molecule is C[C@@H](OC(=O)Cc1csc(N2CCCC2=O)n1)c1nc2ccccc2c(=O)[nH]1. The Kier molecular flexibility index (Phi) is 4.91. The Morgan fingerprint density at radius 2 is 2.14 bits per heavy atom. The molecule has 1 amide bonds. The molecule has 1 saturated heterocycles. The molecule has 0 aliphatic carbocycles. The molecule has 1 aliphatic heterocycles. The van der Waals surface area contributed by atoms with Crippen molar-refractivity contribution in [1.29, 1.82) is 0 Å². The molecule has 1 atom stereocenters. The molecule has 9 heteroatoms. The summed E-state index contributed by atoms with van der Waals surface area (Å²) in [6.07, 6.45) is 0.638. The third-order valence-corrected chi connectivity index (χ3v) is 5.41. The molecule has 1 aliphatic rings. The zero-order valence-electron chi connectivity index (χ0n) is 15.2. The highest BCUT2D eigenvalue weighted by atomic mass is 32.1. The number of nitrogens with zero attached hydrogens (tertiary/aromatic N) is 3. The molecule has 0 bridgehead atoms. The average Bonchev–Trinajstić information content (AvgIpc) is 3.30. The molecular formula is C19H18N4O4S. The van der Waals surface area contributed by atoms with Crippen molar-refractivity contribution >= 4 is 39.2 Å². The normalized spacial score (nSPS) is 15.2. The summed E-state index contributed by atoms with van der Waals surface area (Å²) in [5.41, 5.74) is 0.823. The van der Waals surface area contributed by atoms with Crippen molar-refractivity contribution in [2.45, 2.75) is 32.3 Å². The van der Waals surface area contributed by atoms with Gasteiger partial charge in [0.25, 0.3) is 5.56 Å². The molecule has 0 saturated carbocycles. The molecule has 3 heterocycles. The third-order valence-electron chi connectivity index (χ3n) is 4.49. The van der Waals surface area contributed by atoms with E-state index in [4.69, 9.17) is 4.74 Å². The topological polar surface area (TPSA) is 105 Å². The van der Waals surface area contributed by atoms with Crippen LogP contribution < -0.4 is 10.5 Å². The molecule has 144 valence electrons. The Morgan fingerprint density at radius 1 is 1.32 bits per heavy atom. The molecule has 8 nitrogen and oxygen atoms in total. The zero-order chi connectivity index (χ0) is 19.7. The van der Waals surface area contributed by atoms with Gasteiger partial charge in [-0.3, -0.25) is 19.3 Å². The fourth-order valence-corrected chi connectivity index (χ4v) is 3.96. The molecule has 1 aromatic carbocycles. The maximum Gasteiger partial charge on any atom is 0.312 e. The van der Waals surface area contributed by atoms with Crippen LogP contribution >= 0.6 is 11.3 Å². The van der Waals surface area contributed by atoms with Crippen molar-refractivity contribution in [2.24, 2.45) is 0 Å². The van der Waals surface area contributed by atoms with Crippen molar-refractivity contribution in [3.63, 3.8) is 0 Å². The number of H-pyrrole nitrogens is 1. The highest BCUT2D eigenvalue weighted by molar-refractivity contribution is 7.14. The van der Waals surface area contributed by atoms with E-state index in [-0.39, 0.29) is 17.9 Å². The first-order valence-electron chi connectivity index (χ1n) is 8.94. The van der Waals surface area contributed by atoms with E-state index in [1.807, 2.05) is 0 Å². The lowest BCUT2D eigenvalue weighted by molar-refractivity contribution is -0.148. The number of amides is 1. The number of hydrogen-bond acceptors (Lipinski definition) is 7. The summed E-state index contributed by atoms with van der Waals surface area (Å²) in [6, 6.07) is 6.98. The Balaban J connectivity index is 1.43. The molecular weight excluding hydrogens is 380 g/mol. The molecule has 2 aromatic heterocycles. The summed E-state index contributed by atoms with van der Waals surface area (Å²) in [4.78, 5) is 49.3. The van der Waals surface area contributed by atoms with Gasteiger partial charge in [-0.2, -0.15) is 0 Å². The number of aromatic nitrogens is 3. The number of esters is 1. The summed E-state index contributed by atoms with van der Waals surface area (Å²) in [5, 5.41) is 2.85. The smallest absolute Gasteiger partial charge is 0.312 e. The Morgan fingerprint density at radius 3 is 2.93 bits per heavy atom. The monoisotopic (exact) mass is 398 g/mol. The van der Waals surface area contributed by atoms with Gasteiger partial charge in [0.05, 0.1) is 23.0 Å². The number of thiazole rings is 1. The number of hydrogen-bond donors (Lipinski definition) is 1. The lowest BCUT2D eigenvalue weighted by Crippen LogP contribution is -2.23. The van der Waals surface area contributed by atoms with Crippen LogP contribution in [0.4, 0.5) is 5.13 Å². The fourth-order valence-electron chi connectivity index (χ4n) is 3.09. The highest BCUT2D eigenvalue weighted by Gasteiger charge is 2.25. The number of benzene rings is 1. The lowest BCUT2D eigenvalue weighted by Gasteiger charge is -2.13. The quantitative estimate of drug-likeness (QED) is 0.662. The van der Waals surface area contributed by atoms with Crippen molar-refractivity contribution in [3.8, 4) is 0 Å². The van der Waals surface area contributed by atoms with E-state index < -0.39 is 12.1 Å². The largest absolute Gasteiger partial charge is 0.454 e. The van der Waals surface area contributed by atoms with Gasteiger partial charge in [0.2, 0.25) is 5.91 Å². The van der Waals surface area contributed by atoms with E-state index in [2.05, 4.69) is 15.0 Å². The predicted octanol–water partition coefficient (Wildman–Crippen LogP) is 2.35. The number of nitrogens with one attached hydrogen (secondary N) is 1. The first kappa shape index (κ1) is 18.3. The van der Waals surface area contributed by atoms with Crippen molar-refractivity contribution in [2.75, 3.05) is 11.4 Å². The molecule has 0 unspecified atom stereocenters. The maximum absolute atomic E-state index is 12.3. The number of carbonyl (C=O) groups excluding carboxylic acids is 2. The van der Waals surface area contributed by atoms with Gasteiger partial charge in [0.1, 0.15) is 0 Å². The van der Waals surface area contributed by atoms with Gasteiger partial charge in [-0.25, -0.2) is 9.97 Å². The number of carbonyl (C=O) groups is 2. The van der Waals surface area contributed by atoms with E-state index in [1.54, 1.807) is 41.5 Å². The second-order valence-electron chi connectivity index (χ2n) is 6.55. The van der Waals surface area contributed by atoms with Gasteiger partial charge < -0.3 is 9.72 Å². The first-order valence-corrected chi connectivity index (χ1v) is 9.82. The number of anilines is 1. The number of aromatic amines is 1. The van der Waals surface area contributed by atoms with Crippen molar-refractivity contribution < 1.29 is 14.3 Å². The third kappa shape index (κ3) is 3.65. The molecule has 0 spiro atoms. The molecule has 0 radical (unpaired) electrons. The van der Waals surface area contributed by atoms with E-state index in [0.29, 0.717) is 40.5 Å². The number of para-hydroxylation sites is 1. The van der Waals surface area contributed by atoms with E-state index in [0.717, 1.165) is 6.42 Å². The van der Waals surface area contributed by atoms with Crippen LogP contribution in [0, 0.1) is 0 Å². The van der Waals surface area contributed by atoms with Gasteiger partial charge in [-0.05, 0) is 25.5 Å². The molecule has 4 rings (SSSR count). The summed E-state index contributed by atoms with van der Waals surface area (Å²) in [6.45, 7) is 2.31. The Hall–Kier alpha value is -3.07. The Bertz CT molecular complexity index is 1110. The lowest BCUT2D eigenvalue weighted by atomic mass is 10.2. The number of rotatable bonds is 5. The summed E-state index contributed by atoms with van der Waals surface area (Å²) in [5.74, 6) is -0.130. The molecule has 3 aromatic rings. The first-order chi connectivity index (χ1) is 13.5. The van der Waals surface area contributed by atoms with Crippen LogP contribution in [-0.2, 0) is 20.7 Å². The van der Waals surface area contributed by atoms with E-state index >= 15 is 0 Å². The van der Waals surface area contributed by atoms with Crippen LogP contribution in [0.3, 0.4) is 0 Å². The fraction of sp³-hybridized carbons (Fsp3) is 0.316. The van der Waals surface area contributed by atoms with Gasteiger partial charge in [-0.1, -0.05) is 12.1 Å². The Labute approximate surface area is 164 Å². The molecule has 1 fully saturated rings. The van der Waals surface area contributed by atoms with Crippen LogP contribution in [0.25, 0.3) is 10.9 Å². The summed E-state index contributed by atoms with van der Waals surface area (Å²) < 4.78 is 5.41. The van der Waals surface area contributed by atoms with Gasteiger partial charge >= 0.3 is 5.97 Å². The standard InChI is InChI=1S/C19H18N4O4S/c1-11(17-21-14-6-3-2-5-13(14)18(26)22-17)27-16(25)9-12-10-28-19(20-12)23-8-4-7-15(23)24/h2-3,5-6,10-11H,4,7-9H2,1H3,(H,21,22,26)/t11-/m1/s1. The van der Waals surface area contributed by atoms with E-state index in [9.17, 15) is 14.4 Å². The summed E-state index contributed by atoms with van der Waals surface area (Å²) in [7, 11) is 0. The minimum Gasteiger partial charge on any atom is -0.454 e. The second kappa shape index (κ2) is 7.51. The zero-order valence-corrected chi connectivity index (χ0v) is 16.0. The van der Waals surface area contributed by atoms with Gasteiger partial charge in [0.15, 0.2) is 17.1 Å². The minimum atomic E-state index is -0.705. The van der Waals surface area contributed by atoms with Crippen LogP contribution in [0.1, 0.15) is 37.4 Å². The maximum atomic E-state index is 12.3. The summed E-state index contributed by atoms with van der Waals surface area (Å²) >= 11 is 1.34. The average molecular weight is 398 g/mol. The molecule has 28 heavy (non-hydrogen) atoms. The van der Waals surface area contributed by atoms with Gasteiger partial charge in [-0.15, -0.1) is 11.3 Å². The molecule has 1 N–H and O–H groups in total. The minimum absolute atomic E-state index is 0.0132. The second-order valence-corrected chi connectivity index (χ2v) is 7.38. The van der Waals surface area contributed by atoms with Gasteiger partial charge in [0, 0.05) is 18.3 Å². The predicted molar refractivity (Wildman–Crippen MR) is 104 cm³/mol. The van der Waals surface area contributed by atoms with Crippen molar-refractivity contribution in [3.05, 3.63) is 51.5 Å². The van der Waals surface area contributed by atoms with Crippen molar-refractivity contribution in [1.82, 2.24) is 15.0 Å². The van der Waals surface area contributed by atoms with Crippen LogP contribution in [-0.4, -0.2) is 33.4 Å². The van der Waals surface area contributed by atoms with Crippen LogP contribution in [0.5, 0.6) is 0 Å². The number of fused-ring (bicyclic) bond motifs is 1. The number of ether oxygens (including phenoxy) is 1. The highest BCUT2D eigenvalue weighted by Crippen LogP contribution is 2.25. The van der Waals surface area contributed by atoms with E-state index in [1.165, 1.54) is 11.3 Å². The van der Waals surface area contributed by atoms with Crippen LogP contribution in [0.15, 0.2) is 34.4 Å².